The minimum absolute atomic E-state index is 0. The van der Waals surface area contributed by atoms with E-state index in [1.807, 2.05) is 7.05 Å². The van der Waals surface area contributed by atoms with Crippen molar-refractivity contribution in [1.29, 1.82) is 0 Å². The topological polar surface area (TPSA) is 52.6 Å². The quantitative estimate of drug-likeness (QED) is 0.398. The number of guanidine groups is 1. The number of halogens is 1. The third-order valence-electron chi connectivity index (χ3n) is 6.08. The zero-order valence-corrected chi connectivity index (χ0v) is 18.7. The van der Waals surface area contributed by atoms with E-state index in [4.69, 9.17) is 4.74 Å². The predicted molar refractivity (Wildman–Crippen MR) is 122 cm³/mol. The average molecular weight is 482 g/mol. The highest BCUT2D eigenvalue weighted by atomic mass is 127. The number of fused-ring (bicyclic) bond motifs is 1. The normalized spacial score (nSPS) is 22.6. The third kappa shape index (κ3) is 4.11. The summed E-state index contributed by atoms with van der Waals surface area (Å²) in [5, 5.41) is 4.92. The third-order valence-corrected chi connectivity index (χ3v) is 6.08. The van der Waals surface area contributed by atoms with Crippen molar-refractivity contribution in [2.24, 2.45) is 10.4 Å². The Morgan fingerprint density at radius 2 is 2.22 bits per heavy atom. The van der Waals surface area contributed by atoms with Gasteiger partial charge in [-0.25, -0.2) is 0 Å². The number of aromatic amines is 1. The fourth-order valence-corrected chi connectivity index (χ4v) is 4.51. The van der Waals surface area contributed by atoms with Gasteiger partial charge in [0.15, 0.2) is 5.96 Å². The van der Waals surface area contributed by atoms with Gasteiger partial charge in [-0.15, -0.1) is 24.0 Å². The molecule has 2 aliphatic rings. The van der Waals surface area contributed by atoms with Crippen molar-refractivity contribution in [3.63, 3.8) is 0 Å². The van der Waals surface area contributed by atoms with Crippen molar-refractivity contribution in [3.05, 3.63) is 35.5 Å². The van der Waals surface area contributed by atoms with Gasteiger partial charge in [0.05, 0.1) is 6.61 Å². The van der Waals surface area contributed by atoms with Crippen molar-refractivity contribution < 1.29 is 4.74 Å². The summed E-state index contributed by atoms with van der Waals surface area (Å²) in [6, 6.07) is 6.59. The van der Waals surface area contributed by atoms with Crippen LogP contribution in [0.2, 0.25) is 0 Å². The van der Waals surface area contributed by atoms with Crippen LogP contribution in [-0.2, 0) is 17.6 Å². The first-order chi connectivity index (χ1) is 12.7. The molecule has 0 radical (unpaired) electrons. The number of aryl methyl sites for hydroxylation is 1. The number of aromatic nitrogens is 1. The number of para-hydroxylation sites is 1. The molecule has 27 heavy (non-hydrogen) atoms. The Morgan fingerprint density at radius 1 is 1.33 bits per heavy atom. The smallest absolute Gasteiger partial charge is 0.193 e. The number of hydrogen-bond donors (Lipinski definition) is 2. The first-order valence-electron chi connectivity index (χ1n) is 9.86. The lowest BCUT2D eigenvalue weighted by Gasteiger charge is -2.24. The number of hydrogen-bond acceptors (Lipinski definition) is 2. The molecule has 2 N–H and O–H groups in total. The summed E-state index contributed by atoms with van der Waals surface area (Å²) in [6.45, 7) is 7.08. The molecule has 1 atom stereocenters. The van der Waals surface area contributed by atoms with Crippen LogP contribution in [0.3, 0.4) is 0 Å². The molecular formula is C21H31IN4O. The summed E-state index contributed by atoms with van der Waals surface area (Å²) >= 11 is 0. The van der Waals surface area contributed by atoms with Gasteiger partial charge in [0.2, 0.25) is 0 Å². The lowest BCUT2D eigenvalue weighted by molar-refractivity contribution is 0.156. The molecule has 0 bridgehead atoms. The van der Waals surface area contributed by atoms with Crippen LogP contribution >= 0.6 is 24.0 Å². The van der Waals surface area contributed by atoms with Crippen LogP contribution in [-0.4, -0.2) is 55.7 Å². The van der Waals surface area contributed by atoms with Crippen molar-refractivity contribution in [2.75, 3.05) is 39.9 Å². The Labute approximate surface area is 179 Å². The fourth-order valence-electron chi connectivity index (χ4n) is 4.51. The second kappa shape index (κ2) is 8.82. The molecular weight excluding hydrogens is 451 g/mol. The Kier molecular flexibility index (Phi) is 6.68. The van der Waals surface area contributed by atoms with Gasteiger partial charge in [-0.2, -0.15) is 0 Å². The monoisotopic (exact) mass is 482 g/mol. The molecule has 1 aromatic heterocycles. The van der Waals surface area contributed by atoms with Crippen molar-refractivity contribution in [2.45, 2.75) is 32.6 Å². The number of ether oxygens (including phenoxy) is 1. The molecule has 0 aliphatic carbocycles. The van der Waals surface area contributed by atoms with Gasteiger partial charge in [0.1, 0.15) is 0 Å². The van der Waals surface area contributed by atoms with Crippen molar-refractivity contribution in [1.82, 2.24) is 15.2 Å². The van der Waals surface area contributed by atoms with E-state index in [-0.39, 0.29) is 24.0 Å². The number of rotatable bonds is 4. The maximum atomic E-state index is 5.64. The number of aliphatic imine (C=N–C) groups is 1. The Morgan fingerprint density at radius 3 is 2.96 bits per heavy atom. The number of H-pyrrole nitrogens is 1. The summed E-state index contributed by atoms with van der Waals surface area (Å²) < 4.78 is 5.64. The minimum Gasteiger partial charge on any atom is -0.381 e. The van der Waals surface area contributed by atoms with Gasteiger partial charge in [0, 0.05) is 55.8 Å². The molecule has 1 unspecified atom stereocenters. The van der Waals surface area contributed by atoms with E-state index in [0.717, 1.165) is 51.6 Å². The van der Waals surface area contributed by atoms with E-state index in [1.54, 1.807) is 0 Å². The summed E-state index contributed by atoms with van der Waals surface area (Å²) in [6.07, 6.45) is 6.62. The Hall–Kier alpha value is -1.28. The molecule has 2 fully saturated rings. The second-order valence-corrected chi connectivity index (χ2v) is 7.71. The largest absolute Gasteiger partial charge is 0.381 e. The van der Waals surface area contributed by atoms with Crippen LogP contribution in [0.5, 0.6) is 0 Å². The Balaban J connectivity index is 0.00000210. The molecule has 0 amide bonds. The van der Waals surface area contributed by atoms with Crippen molar-refractivity contribution >= 4 is 40.8 Å². The summed E-state index contributed by atoms with van der Waals surface area (Å²) in [7, 11) is 1.89. The number of nitrogens with zero attached hydrogens (tertiary/aromatic N) is 2. The van der Waals surface area contributed by atoms with Crippen molar-refractivity contribution in [3.8, 4) is 0 Å². The number of likely N-dealkylation sites (tertiary alicyclic amines) is 1. The first-order valence-corrected chi connectivity index (χ1v) is 9.86. The maximum absolute atomic E-state index is 5.64. The molecule has 5 nitrogen and oxygen atoms in total. The fraction of sp³-hybridized carbons (Fsp3) is 0.571. The lowest BCUT2D eigenvalue weighted by Crippen LogP contribution is -2.42. The molecule has 1 spiro atoms. The van der Waals surface area contributed by atoms with Gasteiger partial charge < -0.3 is 19.9 Å². The van der Waals surface area contributed by atoms with E-state index in [0.29, 0.717) is 5.41 Å². The van der Waals surface area contributed by atoms with Crippen LogP contribution in [0.1, 0.15) is 30.9 Å². The van der Waals surface area contributed by atoms with Crippen LogP contribution in [0.15, 0.2) is 29.4 Å². The van der Waals surface area contributed by atoms with E-state index < -0.39 is 0 Å². The minimum atomic E-state index is 0. The van der Waals surface area contributed by atoms with E-state index in [9.17, 15) is 0 Å². The van der Waals surface area contributed by atoms with E-state index >= 15 is 0 Å². The van der Waals surface area contributed by atoms with Gasteiger partial charge in [-0.1, -0.05) is 25.1 Å². The second-order valence-electron chi connectivity index (χ2n) is 7.71. The predicted octanol–water partition coefficient (Wildman–Crippen LogP) is 3.58. The zero-order valence-electron chi connectivity index (χ0n) is 16.4. The van der Waals surface area contributed by atoms with Crippen LogP contribution in [0.4, 0.5) is 0 Å². The molecule has 4 rings (SSSR count). The molecule has 148 valence electrons. The summed E-state index contributed by atoms with van der Waals surface area (Å²) in [5.41, 5.74) is 4.42. The van der Waals surface area contributed by atoms with Gasteiger partial charge in [-0.3, -0.25) is 4.99 Å². The summed E-state index contributed by atoms with van der Waals surface area (Å²) in [5.74, 6) is 1.03. The van der Waals surface area contributed by atoms with Crippen LogP contribution in [0.25, 0.3) is 10.9 Å². The SMILES string of the molecule is CCc1cccc2c(CCNC(=NC)N3CCC4(CCOC4)C3)c[nH]c12.I. The van der Waals surface area contributed by atoms with Gasteiger partial charge in [-0.05, 0) is 36.8 Å². The molecule has 0 saturated carbocycles. The van der Waals surface area contributed by atoms with E-state index in [2.05, 4.69) is 51.5 Å². The lowest BCUT2D eigenvalue weighted by atomic mass is 9.87. The molecule has 2 saturated heterocycles. The van der Waals surface area contributed by atoms with Crippen LogP contribution < -0.4 is 5.32 Å². The van der Waals surface area contributed by atoms with Gasteiger partial charge in [0.25, 0.3) is 0 Å². The number of nitrogens with one attached hydrogen (secondary N) is 2. The maximum Gasteiger partial charge on any atom is 0.193 e. The standard InChI is InChI=1S/C21H30N4O.HI/c1-3-16-5-4-6-18-17(13-24-19(16)18)7-10-23-20(22-2)25-11-8-21(14-25)9-12-26-15-21;/h4-6,13,24H,3,7-12,14-15H2,1-2H3,(H,22,23);1H. The average Bonchev–Trinajstić information content (AvgIpc) is 3.40. The highest BCUT2D eigenvalue weighted by Crippen LogP contribution is 2.38. The molecule has 2 aliphatic heterocycles. The highest BCUT2D eigenvalue weighted by molar-refractivity contribution is 14.0. The van der Waals surface area contributed by atoms with Gasteiger partial charge >= 0.3 is 0 Å². The molecule has 2 aromatic rings. The van der Waals surface area contributed by atoms with E-state index in [1.165, 1.54) is 34.9 Å². The molecule has 3 heterocycles. The molecule has 1 aromatic carbocycles. The highest BCUT2D eigenvalue weighted by Gasteiger charge is 2.42. The summed E-state index contributed by atoms with van der Waals surface area (Å²) in [4.78, 5) is 10.4. The first kappa shape index (κ1) is 20.5. The molecule has 6 heteroatoms. The van der Waals surface area contributed by atoms with Crippen LogP contribution in [0, 0.1) is 5.41 Å². The number of benzene rings is 1. The zero-order chi connectivity index (χ0) is 18.0. The Bertz CT molecular complexity index is 795.